The van der Waals surface area contributed by atoms with Crippen LogP contribution in [0, 0.1) is 12.8 Å². The van der Waals surface area contributed by atoms with Crippen molar-refractivity contribution < 1.29 is 0 Å². The van der Waals surface area contributed by atoms with E-state index in [1.807, 2.05) is 0 Å². The number of benzene rings is 1. The second-order valence-corrected chi connectivity index (χ2v) is 5.25. The Morgan fingerprint density at radius 1 is 1.44 bits per heavy atom. The van der Waals surface area contributed by atoms with Crippen LogP contribution in [0.3, 0.4) is 0 Å². The maximum atomic E-state index is 3.54. The fourth-order valence-corrected chi connectivity index (χ4v) is 2.88. The van der Waals surface area contributed by atoms with Crippen LogP contribution in [-0.4, -0.2) is 13.1 Å². The molecule has 0 saturated heterocycles. The first-order chi connectivity index (χ1) is 7.69. The van der Waals surface area contributed by atoms with E-state index in [1.165, 1.54) is 24.0 Å². The van der Waals surface area contributed by atoms with Gasteiger partial charge >= 0.3 is 0 Å². The Labute approximate surface area is 99.3 Å². The lowest BCUT2D eigenvalue weighted by Crippen LogP contribution is -2.50. The van der Waals surface area contributed by atoms with E-state index in [2.05, 4.69) is 50.4 Å². The molecule has 2 atom stereocenters. The molecule has 0 radical (unpaired) electrons. The van der Waals surface area contributed by atoms with Crippen LogP contribution in [0.25, 0.3) is 0 Å². The van der Waals surface area contributed by atoms with Crippen LogP contribution < -0.4 is 5.32 Å². The Morgan fingerprint density at radius 2 is 2.25 bits per heavy atom. The molecule has 1 aliphatic carbocycles. The molecule has 0 heterocycles. The van der Waals surface area contributed by atoms with Crippen molar-refractivity contribution in [3.05, 3.63) is 35.4 Å². The normalized spacial score (nSPS) is 28.8. The Morgan fingerprint density at radius 3 is 2.75 bits per heavy atom. The van der Waals surface area contributed by atoms with Gasteiger partial charge in [0.2, 0.25) is 0 Å². The first kappa shape index (κ1) is 11.7. The number of hydrogen-bond acceptors (Lipinski definition) is 1. The molecule has 1 N–H and O–H groups in total. The molecule has 16 heavy (non-hydrogen) atoms. The Hall–Kier alpha value is -0.820. The van der Waals surface area contributed by atoms with Crippen molar-refractivity contribution in [1.82, 2.24) is 5.32 Å². The number of nitrogens with one attached hydrogen (secondary N) is 1. The predicted molar refractivity (Wildman–Crippen MR) is 69.8 cm³/mol. The topological polar surface area (TPSA) is 12.0 Å². The molecule has 0 amide bonds. The predicted octanol–water partition coefficient (Wildman–Crippen LogP) is 3.27. The van der Waals surface area contributed by atoms with E-state index in [1.54, 1.807) is 0 Å². The smallest absolute Gasteiger partial charge is 0.0103 e. The number of rotatable bonds is 4. The molecule has 2 unspecified atom stereocenters. The van der Waals surface area contributed by atoms with E-state index in [0.29, 0.717) is 5.41 Å². The maximum absolute atomic E-state index is 3.54. The zero-order valence-electron chi connectivity index (χ0n) is 10.7. The highest BCUT2D eigenvalue weighted by Crippen LogP contribution is 2.48. The molecule has 0 spiro atoms. The number of aryl methyl sites for hydroxylation is 1. The summed E-state index contributed by atoms with van der Waals surface area (Å²) >= 11 is 0. The van der Waals surface area contributed by atoms with Crippen molar-refractivity contribution in [3.8, 4) is 0 Å². The summed E-state index contributed by atoms with van der Waals surface area (Å²) < 4.78 is 0. The van der Waals surface area contributed by atoms with E-state index in [9.17, 15) is 0 Å². The van der Waals surface area contributed by atoms with Gasteiger partial charge in [0.05, 0.1) is 0 Å². The summed E-state index contributed by atoms with van der Waals surface area (Å²) in [6.07, 6.45) is 2.71. The summed E-state index contributed by atoms with van der Waals surface area (Å²) in [6.45, 7) is 8.97. The number of likely N-dealkylation sites (N-methyl/N-ethyl adjacent to an activating group) is 1. The van der Waals surface area contributed by atoms with Crippen molar-refractivity contribution in [2.75, 3.05) is 13.1 Å². The van der Waals surface area contributed by atoms with Crippen molar-refractivity contribution in [2.24, 2.45) is 5.92 Å². The van der Waals surface area contributed by atoms with E-state index < -0.39 is 0 Å². The van der Waals surface area contributed by atoms with Crippen LogP contribution in [0.2, 0.25) is 0 Å². The summed E-state index contributed by atoms with van der Waals surface area (Å²) in [7, 11) is 0. The molecule has 0 aromatic heterocycles. The van der Waals surface area contributed by atoms with Gasteiger partial charge in [-0.25, -0.2) is 0 Å². The number of hydrogen-bond donors (Lipinski definition) is 1. The molecule has 1 fully saturated rings. The molecule has 1 aromatic carbocycles. The van der Waals surface area contributed by atoms with Gasteiger partial charge in [-0.3, -0.25) is 0 Å². The van der Waals surface area contributed by atoms with Crippen LogP contribution in [-0.2, 0) is 5.41 Å². The second kappa shape index (κ2) is 4.58. The maximum Gasteiger partial charge on any atom is 0.0103 e. The van der Waals surface area contributed by atoms with Gasteiger partial charge in [0.1, 0.15) is 0 Å². The minimum Gasteiger partial charge on any atom is -0.316 e. The van der Waals surface area contributed by atoms with E-state index in [0.717, 1.165) is 19.0 Å². The highest BCUT2D eigenvalue weighted by molar-refractivity contribution is 5.33. The summed E-state index contributed by atoms with van der Waals surface area (Å²) in [5, 5.41) is 3.54. The fraction of sp³-hybridized carbons (Fsp3) is 0.600. The third-order valence-electron chi connectivity index (χ3n) is 4.25. The van der Waals surface area contributed by atoms with E-state index in [-0.39, 0.29) is 0 Å². The largest absolute Gasteiger partial charge is 0.316 e. The molecular formula is C15H23N. The van der Waals surface area contributed by atoms with Gasteiger partial charge < -0.3 is 5.32 Å². The van der Waals surface area contributed by atoms with Gasteiger partial charge in [0, 0.05) is 12.0 Å². The molecule has 88 valence electrons. The van der Waals surface area contributed by atoms with Crippen molar-refractivity contribution in [3.63, 3.8) is 0 Å². The standard InChI is InChI=1S/C15H23N/c1-4-16-11-15(9-8-13(15)3)14-7-5-6-12(2)10-14/h5-7,10,13,16H,4,8-9,11H2,1-3H3. The first-order valence-electron chi connectivity index (χ1n) is 6.47. The van der Waals surface area contributed by atoms with Gasteiger partial charge in [-0.05, 0) is 37.8 Å². The molecule has 1 heteroatoms. The minimum absolute atomic E-state index is 0.405. The van der Waals surface area contributed by atoms with E-state index in [4.69, 9.17) is 0 Å². The Kier molecular flexibility index (Phi) is 3.34. The summed E-state index contributed by atoms with van der Waals surface area (Å²) in [5.41, 5.74) is 3.32. The highest BCUT2D eigenvalue weighted by atomic mass is 14.9. The van der Waals surface area contributed by atoms with Gasteiger partial charge in [-0.15, -0.1) is 0 Å². The molecule has 0 bridgehead atoms. The van der Waals surface area contributed by atoms with E-state index >= 15 is 0 Å². The summed E-state index contributed by atoms with van der Waals surface area (Å²) in [5.74, 6) is 0.813. The monoisotopic (exact) mass is 217 g/mol. The molecule has 1 nitrogen and oxygen atoms in total. The van der Waals surface area contributed by atoms with Crippen LogP contribution in [0.5, 0.6) is 0 Å². The van der Waals surface area contributed by atoms with Crippen molar-refractivity contribution in [2.45, 2.75) is 39.0 Å². The molecule has 2 rings (SSSR count). The van der Waals surface area contributed by atoms with Crippen molar-refractivity contribution in [1.29, 1.82) is 0 Å². The van der Waals surface area contributed by atoms with Crippen molar-refractivity contribution >= 4 is 0 Å². The third kappa shape index (κ3) is 1.89. The zero-order chi connectivity index (χ0) is 11.6. The third-order valence-corrected chi connectivity index (χ3v) is 4.25. The molecule has 0 aliphatic heterocycles. The summed E-state index contributed by atoms with van der Waals surface area (Å²) in [4.78, 5) is 0. The highest BCUT2D eigenvalue weighted by Gasteiger charge is 2.44. The minimum atomic E-state index is 0.405. The Balaban J connectivity index is 2.25. The molecule has 1 saturated carbocycles. The average molecular weight is 217 g/mol. The SMILES string of the molecule is CCNCC1(c2cccc(C)c2)CCC1C. The van der Waals surface area contributed by atoms with Gasteiger partial charge in [0.15, 0.2) is 0 Å². The quantitative estimate of drug-likeness (QED) is 0.816. The van der Waals surface area contributed by atoms with Crippen LogP contribution in [0.1, 0.15) is 37.8 Å². The first-order valence-corrected chi connectivity index (χ1v) is 6.47. The average Bonchev–Trinajstić information content (AvgIpc) is 2.28. The molecular weight excluding hydrogens is 194 g/mol. The van der Waals surface area contributed by atoms with Crippen LogP contribution in [0.15, 0.2) is 24.3 Å². The Bertz CT molecular complexity index is 358. The summed E-state index contributed by atoms with van der Waals surface area (Å²) in [6, 6.07) is 9.06. The van der Waals surface area contributed by atoms with Crippen LogP contribution in [0.4, 0.5) is 0 Å². The molecule has 1 aromatic rings. The van der Waals surface area contributed by atoms with Gasteiger partial charge in [0.25, 0.3) is 0 Å². The lowest BCUT2D eigenvalue weighted by atomic mass is 9.57. The molecule has 1 aliphatic rings. The fourth-order valence-electron chi connectivity index (χ4n) is 2.88. The lowest BCUT2D eigenvalue weighted by molar-refractivity contribution is 0.135. The van der Waals surface area contributed by atoms with Gasteiger partial charge in [-0.2, -0.15) is 0 Å². The second-order valence-electron chi connectivity index (χ2n) is 5.25. The zero-order valence-corrected chi connectivity index (χ0v) is 10.7. The lowest BCUT2D eigenvalue weighted by Gasteiger charge is -2.49. The van der Waals surface area contributed by atoms with Gasteiger partial charge in [-0.1, -0.05) is 43.7 Å². The van der Waals surface area contributed by atoms with Crippen LogP contribution >= 0.6 is 0 Å².